The molecule has 0 spiro atoms. The molecule has 2 fully saturated rings. The lowest BCUT2D eigenvalue weighted by atomic mass is 9.82. The average Bonchev–Trinajstić information content (AvgIpc) is 3.05. The Morgan fingerprint density at radius 1 is 0.971 bits per heavy atom. The van der Waals surface area contributed by atoms with Crippen LogP contribution in [0.2, 0.25) is 0 Å². The number of fused-ring (bicyclic) bond motifs is 1. The number of ether oxygens (including phenoxy) is 1. The highest BCUT2D eigenvalue weighted by Gasteiger charge is 2.43. The van der Waals surface area contributed by atoms with E-state index in [0.29, 0.717) is 49.8 Å². The summed E-state index contributed by atoms with van der Waals surface area (Å²) in [5.74, 6) is -0.297. The molecule has 0 bridgehead atoms. The van der Waals surface area contributed by atoms with E-state index in [1.807, 2.05) is 39.5 Å². The van der Waals surface area contributed by atoms with Gasteiger partial charge < -0.3 is 15.0 Å². The third-order valence-corrected chi connectivity index (χ3v) is 7.52. The molecule has 0 radical (unpaired) electrons. The van der Waals surface area contributed by atoms with Crippen molar-refractivity contribution in [1.82, 2.24) is 15.1 Å². The van der Waals surface area contributed by atoms with Crippen LogP contribution in [0.25, 0.3) is 0 Å². The van der Waals surface area contributed by atoms with Crippen LogP contribution in [0.5, 0.6) is 0 Å². The zero-order chi connectivity index (χ0) is 25.5. The molecular formula is C27H37N3O5. The summed E-state index contributed by atoms with van der Waals surface area (Å²) in [4.78, 5) is 54.7. The maximum atomic E-state index is 13.4. The summed E-state index contributed by atoms with van der Waals surface area (Å²) in [5.41, 5.74) is 0.393. The van der Waals surface area contributed by atoms with Gasteiger partial charge in [-0.3, -0.25) is 19.3 Å². The van der Waals surface area contributed by atoms with Crippen molar-refractivity contribution < 1.29 is 23.9 Å². The van der Waals surface area contributed by atoms with Crippen LogP contribution in [0.15, 0.2) is 24.3 Å². The quantitative estimate of drug-likeness (QED) is 0.656. The number of nitrogens with one attached hydrogen (secondary N) is 1. The van der Waals surface area contributed by atoms with Crippen molar-refractivity contribution in [1.29, 1.82) is 0 Å². The van der Waals surface area contributed by atoms with Gasteiger partial charge in [0.1, 0.15) is 5.60 Å². The Hall–Kier alpha value is -2.90. The van der Waals surface area contributed by atoms with Crippen LogP contribution < -0.4 is 5.32 Å². The van der Waals surface area contributed by atoms with Gasteiger partial charge >= 0.3 is 6.09 Å². The Morgan fingerprint density at radius 3 is 2.09 bits per heavy atom. The third-order valence-electron chi connectivity index (χ3n) is 7.52. The summed E-state index contributed by atoms with van der Waals surface area (Å²) < 4.78 is 5.40. The maximum Gasteiger partial charge on any atom is 0.407 e. The van der Waals surface area contributed by atoms with Crippen molar-refractivity contribution in [2.75, 3.05) is 6.54 Å². The number of hydrogen-bond acceptors (Lipinski definition) is 5. The van der Waals surface area contributed by atoms with Gasteiger partial charge in [-0.15, -0.1) is 0 Å². The van der Waals surface area contributed by atoms with E-state index in [4.69, 9.17) is 4.74 Å². The number of benzene rings is 1. The number of rotatable bonds is 3. The summed E-state index contributed by atoms with van der Waals surface area (Å²) in [6, 6.07) is 6.76. The van der Waals surface area contributed by atoms with Crippen LogP contribution in [0.3, 0.4) is 0 Å². The fourth-order valence-corrected chi connectivity index (χ4v) is 5.67. The number of imide groups is 1. The Kier molecular flexibility index (Phi) is 6.93. The molecule has 1 saturated heterocycles. The molecule has 2 aliphatic heterocycles. The molecule has 1 saturated carbocycles. The van der Waals surface area contributed by atoms with Crippen molar-refractivity contribution in [3.8, 4) is 0 Å². The first-order valence-corrected chi connectivity index (χ1v) is 12.7. The molecule has 2 heterocycles. The highest BCUT2D eigenvalue weighted by molar-refractivity contribution is 6.21. The lowest BCUT2D eigenvalue weighted by Gasteiger charge is -2.44. The fraction of sp³-hybridized carbons (Fsp3) is 0.630. The number of piperidine rings is 1. The first-order chi connectivity index (χ1) is 16.5. The average molecular weight is 484 g/mol. The molecule has 4 rings (SSSR count). The second kappa shape index (κ2) is 9.63. The van der Waals surface area contributed by atoms with Crippen LogP contribution >= 0.6 is 0 Å². The van der Waals surface area contributed by atoms with Crippen LogP contribution in [-0.4, -0.2) is 63.9 Å². The molecule has 1 aromatic carbocycles. The molecule has 3 unspecified atom stereocenters. The van der Waals surface area contributed by atoms with E-state index in [1.54, 1.807) is 24.3 Å². The molecule has 190 valence electrons. The molecule has 4 amide bonds. The second-order valence-corrected chi connectivity index (χ2v) is 11.3. The Bertz CT molecular complexity index is 973. The van der Waals surface area contributed by atoms with Crippen LogP contribution in [0.4, 0.5) is 4.79 Å². The molecule has 0 aromatic heterocycles. The summed E-state index contributed by atoms with van der Waals surface area (Å²) >= 11 is 0. The molecule has 3 atom stereocenters. The number of carbonyl (C=O) groups is 4. The smallest absolute Gasteiger partial charge is 0.407 e. The van der Waals surface area contributed by atoms with E-state index >= 15 is 0 Å². The monoisotopic (exact) mass is 483 g/mol. The van der Waals surface area contributed by atoms with Crippen molar-refractivity contribution in [2.24, 2.45) is 11.8 Å². The number of amides is 4. The van der Waals surface area contributed by atoms with E-state index in [2.05, 4.69) is 5.32 Å². The van der Waals surface area contributed by atoms with Gasteiger partial charge in [0.25, 0.3) is 11.8 Å². The van der Waals surface area contributed by atoms with E-state index in [9.17, 15) is 19.2 Å². The summed E-state index contributed by atoms with van der Waals surface area (Å²) in [5, 5.41) is 2.98. The lowest BCUT2D eigenvalue weighted by molar-refractivity contribution is -0.141. The first-order valence-electron chi connectivity index (χ1n) is 12.7. The number of hydrogen-bond donors (Lipinski definition) is 1. The molecule has 1 aromatic rings. The zero-order valence-corrected chi connectivity index (χ0v) is 21.4. The predicted octanol–water partition coefficient (Wildman–Crippen LogP) is 3.99. The van der Waals surface area contributed by atoms with Gasteiger partial charge in [-0.2, -0.15) is 0 Å². The SMILES string of the molecule is CC1CN(C(=O)[C@H]2CC[C@H](N3C(=O)c4ccccc4C3=O)CC2)C(C)CC1NC(=O)OC(C)(C)C. The van der Waals surface area contributed by atoms with E-state index < -0.39 is 11.7 Å². The number of nitrogens with zero attached hydrogens (tertiary/aromatic N) is 2. The molecule has 1 aliphatic carbocycles. The largest absolute Gasteiger partial charge is 0.444 e. The van der Waals surface area contributed by atoms with Gasteiger partial charge in [0.15, 0.2) is 0 Å². The molecule has 8 heteroatoms. The molecule has 35 heavy (non-hydrogen) atoms. The maximum absolute atomic E-state index is 13.4. The number of carbonyl (C=O) groups excluding carboxylic acids is 4. The fourth-order valence-electron chi connectivity index (χ4n) is 5.67. The van der Waals surface area contributed by atoms with E-state index in [1.165, 1.54) is 4.90 Å². The van der Waals surface area contributed by atoms with Gasteiger partial charge in [-0.25, -0.2) is 4.79 Å². The zero-order valence-electron chi connectivity index (χ0n) is 21.4. The van der Waals surface area contributed by atoms with Crippen LogP contribution in [-0.2, 0) is 9.53 Å². The van der Waals surface area contributed by atoms with Crippen molar-refractivity contribution in [3.05, 3.63) is 35.4 Å². The van der Waals surface area contributed by atoms with Gasteiger partial charge in [0, 0.05) is 30.6 Å². The van der Waals surface area contributed by atoms with Crippen molar-refractivity contribution >= 4 is 23.8 Å². The Morgan fingerprint density at radius 2 is 1.54 bits per heavy atom. The van der Waals surface area contributed by atoms with Gasteiger partial charge in [-0.1, -0.05) is 19.1 Å². The summed E-state index contributed by atoms with van der Waals surface area (Å²) in [6.45, 7) is 10.2. The highest BCUT2D eigenvalue weighted by atomic mass is 16.6. The van der Waals surface area contributed by atoms with Crippen LogP contribution in [0, 0.1) is 11.8 Å². The van der Waals surface area contributed by atoms with Gasteiger partial charge in [0.05, 0.1) is 11.1 Å². The standard InChI is InChI=1S/C27H37N3O5/c1-16-15-29(17(2)14-22(16)28-26(34)35-27(3,4)5)23(31)18-10-12-19(13-11-18)30-24(32)20-8-6-7-9-21(20)25(30)33/h6-9,16-19,22H,10-15H2,1-5H3,(H,28,34)/t16?,17?,18-,19-,22?. The van der Waals surface area contributed by atoms with Crippen molar-refractivity contribution in [3.63, 3.8) is 0 Å². The number of alkyl carbamates (subject to hydrolysis) is 1. The van der Waals surface area contributed by atoms with E-state index in [0.717, 1.165) is 0 Å². The first kappa shape index (κ1) is 25.2. The topological polar surface area (TPSA) is 96.0 Å². The predicted molar refractivity (Wildman–Crippen MR) is 131 cm³/mol. The minimum atomic E-state index is -0.554. The molecule has 8 nitrogen and oxygen atoms in total. The lowest BCUT2D eigenvalue weighted by Crippen LogP contribution is -2.57. The molecular weight excluding hydrogens is 446 g/mol. The Labute approximate surface area is 207 Å². The summed E-state index contributed by atoms with van der Waals surface area (Å²) in [7, 11) is 0. The van der Waals surface area contributed by atoms with Gasteiger partial charge in [0.2, 0.25) is 5.91 Å². The number of likely N-dealkylation sites (tertiary alicyclic amines) is 1. The highest BCUT2D eigenvalue weighted by Crippen LogP contribution is 2.35. The normalized spacial score (nSPS) is 29.1. The molecule has 3 aliphatic rings. The molecule has 1 N–H and O–H groups in total. The van der Waals surface area contributed by atoms with Gasteiger partial charge in [-0.05, 0) is 77.8 Å². The Balaban J connectivity index is 1.32. The van der Waals surface area contributed by atoms with Crippen LogP contribution in [0.1, 0.15) is 87.4 Å². The second-order valence-electron chi connectivity index (χ2n) is 11.3. The van der Waals surface area contributed by atoms with Crippen molar-refractivity contribution in [2.45, 2.75) is 90.4 Å². The minimum absolute atomic E-state index is 0.00703. The minimum Gasteiger partial charge on any atom is -0.444 e. The summed E-state index contributed by atoms with van der Waals surface area (Å²) in [6.07, 6.45) is 2.86. The third kappa shape index (κ3) is 5.21. The van der Waals surface area contributed by atoms with E-state index in [-0.39, 0.29) is 47.7 Å².